The van der Waals surface area contributed by atoms with Gasteiger partial charge in [0.2, 0.25) is 11.8 Å². The molecule has 0 saturated carbocycles. The lowest BCUT2D eigenvalue weighted by Crippen LogP contribution is -2.39. The van der Waals surface area contributed by atoms with Crippen LogP contribution in [-0.4, -0.2) is 21.6 Å². The van der Waals surface area contributed by atoms with Gasteiger partial charge in [0, 0.05) is 24.4 Å². The van der Waals surface area contributed by atoms with E-state index < -0.39 is 0 Å². The summed E-state index contributed by atoms with van der Waals surface area (Å²) in [5.74, 6) is 5.05. The summed E-state index contributed by atoms with van der Waals surface area (Å²) >= 11 is 0. The number of hydrogen-bond donors (Lipinski definition) is 1. The third-order valence-electron chi connectivity index (χ3n) is 3.72. The van der Waals surface area contributed by atoms with Crippen LogP contribution >= 0.6 is 0 Å². The lowest BCUT2D eigenvalue weighted by Gasteiger charge is -2.19. The molecule has 1 saturated heterocycles. The van der Waals surface area contributed by atoms with E-state index in [9.17, 15) is 9.59 Å². The molecule has 2 amide bonds. The van der Waals surface area contributed by atoms with Gasteiger partial charge in [0.05, 0.1) is 17.1 Å². The number of carbonyl (C=O) groups excluding carboxylic acids is 2. The highest BCUT2D eigenvalue weighted by Gasteiger charge is 2.31. The average molecular weight is 281 g/mol. The van der Waals surface area contributed by atoms with Gasteiger partial charge in [0.1, 0.15) is 0 Å². The molecule has 5 heteroatoms. The fourth-order valence-electron chi connectivity index (χ4n) is 2.72. The number of rotatable bonds is 1. The maximum Gasteiger partial charge on any atom is 0.235 e. The van der Waals surface area contributed by atoms with Crippen LogP contribution in [0, 0.1) is 11.8 Å². The zero-order chi connectivity index (χ0) is 15.0. The lowest BCUT2D eigenvalue weighted by atomic mass is 9.92. The molecular formula is C16H15N3O2. The van der Waals surface area contributed by atoms with Gasteiger partial charge in [0.15, 0.2) is 0 Å². The van der Waals surface area contributed by atoms with E-state index in [0.717, 1.165) is 22.2 Å². The van der Waals surface area contributed by atoms with Crippen LogP contribution in [0.15, 0.2) is 18.2 Å². The van der Waals surface area contributed by atoms with Gasteiger partial charge in [-0.3, -0.25) is 19.6 Å². The van der Waals surface area contributed by atoms with Crippen LogP contribution in [0.5, 0.6) is 0 Å². The summed E-state index contributed by atoms with van der Waals surface area (Å²) in [5.41, 5.74) is 2.59. The number of imide groups is 1. The Hall–Kier alpha value is -2.61. The van der Waals surface area contributed by atoms with E-state index in [1.807, 2.05) is 25.2 Å². The van der Waals surface area contributed by atoms with Crippen molar-refractivity contribution >= 4 is 22.7 Å². The minimum atomic E-state index is -0.366. The molecule has 2 aromatic rings. The Labute approximate surface area is 122 Å². The van der Waals surface area contributed by atoms with Crippen molar-refractivity contribution in [3.63, 3.8) is 0 Å². The number of carbonyl (C=O) groups is 2. The first-order valence-corrected chi connectivity index (χ1v) is 6.83. The summed E-state index contributed by atoms with van der Waals surface area (Å²) in [6, 6.07) is 5.84. The first-order chi connectivity index (χ1) is 10.1. The Bertz CT molecular complexity index is 808. The van der Waals surface area contributed by atoms with Crippen LogP contribution in [0.25, 0.3) is 10.9 Å². The zero-order valence-corrected chi connectivity index (χ0v) is 11.9. The quantitative estimate of drug-likeness (QED) is 0.636. The van der Waals surface area contributed by atoms with Crippen molar-refractivity contribution in [1.82, 2.24) is 15.1 Å². The second-order valence-corrected chi connectivity index (χ2v) is 5.12. The van der Waals surface area contributed by atoms with Crippen molar-refractivity contribution in [3.05, 3.63) is 29.5 Å². The number of piperidine rings is 1. The van der Waals surface area contributed by atoms with Crippen LogP contribution in [0.3, 0.4) is 0 Å². The Morgan fingerprint density at radius 1 is 1.38 bits per heavy atom. The van der Waals surface area contributed by atoms with E-state index in [0.29, 0.717) is 12.8 Å². The molecule has 0 spiro atoms. The van der Waals surface area contributed by atoms with Crippen LogP contribution < -0.4 is 5.32 Å². The molecule has 1 aromatic heterocycles. The van der Waals surface area contributed by atoms with Crippen LogP contribution in [0.4, 0.5) is 0 Å². The molecular weight excluding hydrogens is 266 g/mol. The van der Waals surface area contributed by atoms with Gasteiger partial charge in [-0.15, -0.1) is 5.92 Å². The van der Waals surface area contributed by atoms with Gasteiger partial charge < -0.3 is 0 Å². The largest absolute Gasteiger partial charge is 0.296 e. The minimum Gasteiger partial charge on any atom is -0.296 e. The monoisotopic (exact) mass is 281 g/mol. The molecule has 1 aliphatic rings. The van der Waals surface area contributed by atoms with Crippen molar-refractivity contribution in [2.45, 2.75) is 25.7 Å². The first kappa shape index (κ1) is 13.4. The number of fused-ring (bicyclic) bond motifs is 1. The van der Waals surface area contributed by atoms with Crippen molar-refractivity contribution in [2.75, 3.05) is 0 Å². The second kappa shape index (κ2) is 5.06. The Balaban J connectivity index is 2.09. The number of hydrogen-bond acceptors (Lipinski definition) is 3. The second-order valence-electron chi connectivity index (χ2n) is 5.12. The van der Waals surface area contributed by atoms with E-state index in [1.165, 1.54) is 0 Å². The third-order valence-corrected chi connectivity index (χ3v) is 3.72. The number of amides is 2. The van der Waals surface area contributed by atoms with Gasteiger partial charge in [-0.2, -0.15) is 5.10 Å². The Morgan fingerprint density at radius 3 is 2.90 bits per heavy atom. The summed E-state index contributed by atoms with van der Waals surface area (Å²) in [4.78, 5) is 23.3. The summed E-state index contributed by atoms with van der Waals surface area (Å²) in [5, 5.41) is 7.81. The molecule has 106 valence electrons. The summed E-state index contributed by atoms with van der Waals surface area (Å²) in [6.45, 7) is 1.79. The highest BCUT2D eigenvalue weighted by atomic mass is 16.2. The number of benzene rings is 1. The van der Waals surface area contributed by atoms with Crippen LogP contribution in [0.2, 0.25) is 0 Å². The van der Waals surface area contributed by atoms with E-state index in [1.54, 1.807) is 11.6 Å². The van der Waals surface area contributed by atoms with Crippen molar-refractivity contribution in [3.8, 4) is 11.8 Å². The maximum atomic E-state index is 12.0. The normalized spacial score (nSPS) is 18.3. The van der Waals surface area contributed by atoms with Gasteiger partial charge in [-0.25, -0.2) is 0 Å². The summed E-state index contributed by atoms with van der Waals surface area (Å²) < 4.78 is 1.76. The molecule has 0 aliphatic carbocycles. The van der Waals surface area contributed by atoms with Gasteiger partial charge in [-0.05, 0) is 31.5 Å². The van der Waals surface area contributed by atoms with E-state index in [4.69, 9.17) is 0 Å². The molecule has 3 rings (SSSR count). The van der Waals surface area contributed by atoms with Crippen molar-refractivity contribution in [1.29, 1.82) is 0 Å². The molecule has 1 fully saturated rings. The summed E-state index contributed by atoms with van der Waals surface area (Å²) in [7, 11) is 1.85. The molecule has 1 N–H and O–H groups in total. The molecule has 1 aliphatic heterocycles. The van der Waals surface area contributed by atoms with Gasteiger partial charge >= 0.3 is 0 Å². The lowest BCUT2D eigenvalue weighted by molar-refractivity contribution is -0.134. The van der Waals surface area contributed by atoms with E-state index >= 15 is 0 Å². The van der Waals surface area contributed by atoms with Crippen LogP contribution in [0.1, 0.15) is 36.9 Å². The van der Waals surface area contributed by atoms with Crippen molar-refractivity contribution < 1.29 is 9.59 Å². The zero-order valence-electron chi connectivity index (χ0n) is 11.9. The predicted molar refractivity (Wildman–Crippen MR) is 78.4 cm³/mol. The predicted octanol–water partition coefficient (Wildman–Crippen LogP) is 1.46. The number of nitrogens with one attached hydrogen (secondary N) is 1. The van der Waals surface area contributed by atoms with E-state index in [-0.39, 0.29) is 17.7 Å². The fourth-order valence-corrected chi connectivity index (χ4v) is 2.72. The third kappa shape index (κ3) is 2.29. The molecule has 0 radical (unpaired) electrons. The van der Waals surface area contributed by atoms with E-state index in [2.05, 4.69) is 22.3 Å². The van der Waals surface area contributed by atoms with Gasteiger partial charge in [-0.1, -0.05) is 5.92 Å². The number of aromatic nitrogens is 2. The molecule has 21 heavy (non-hydrogen) atoms. The molecule has 1 atom stereocenters. The number of aryl methyl sites for hydroxylation is 1. The Kier molecular flexibility index (Phi) is 3.22. The summed E-state index contributed by atoms with van der Waals surface area (Å²) in [6.07, 6.45) is 0.862. The molecule has 1 aromatic carbocycles. The topological polar surface area (TPSA) is 64.0 Å². The maximum absolute atomic E-state index is 12.0. The molecule has 5 nitrogen and oxygen atoms in total. The van der Waals surface area contributed by atoms with Gasteiger partial charge in [0.25, 0.3) is 0 Å². The smallest absolute Gasteiger partial charge is 0.235 e. The number of nitrogens with zero attached hydrogens (tertiary/aromatic N) is 2. The highest BCUT2D eigenvalue weighted by Crippen LogP contribution is 2.30. The Morgan fingerprint density at radius 2 is 2.19 bits per heavy atom. The molecule has 0 bridgehead atoms. The standard InChI is InChI=1S/C16H15N3O2/c1-3-4-10-5-6-11-13(9-10)19(2)18-15(11)12-7-8-14(20)17-16(12)21/h5-6,9,12H,7-8H2,1-2H3,(H,17,20,21). The SMILES string of the molecule is CC#Cc1ccc2c(C3CCC(=O)NC3=O)nn(C)c2c1. The highest BCUT2D eigenvalue weighted by molar-refractivity contribution is 6.02. The fraction of sp³-hybridized carbons (Fsp3) is 0.312. The van der Waals surface area contributed by atoms with Crippen LogP contribution in [-0.2, 0) is 16.6 Å². The average Bonchev–Trinajstić information content (AvgIpc) is 2.76. The molecule has 1 unspecified atom stereocenters. The minimum absolute atomic E-state index is 0.211. The molecule has 2 heterocycles. The first-order valence-electron chi connectivity index (χ1n) is 6.83. The van der Waals surface area contributed by atoms with Crippen molar-refractivity contribution in [2.24, 2.45) is 7.05 Å².